The molecule has 1 aromatic heterocycles. The summed E-state index contributed by atoms with van der Waals surface area (Å²) < 4.78 is 1.99. The first kappa shape index (κ1) is 15.5. The van der Waals surface area contributed by atoms with Crippen LogP contribution in [0.15, 0.2) is 60.7 Å². The highest BCUT2D eigenvalue weighted by Gasteiger charge is 2.05. The summed E-state index contributed by atoms with van der Waals surface area (Å²) in [5, 5.41) is 4.53. The molecule has 0 bridgehead atoms. The number of aromatic nitrogens is 2. The van der Waals surface area contributed by atoms with E-state index in [1.807, 2.05) is 11.6 Å². The van der Waals surface area contributed by atoms with E-state index in [1.165, 1.54) is 11.1 Å². The Morgan fingerprint density at radius 3 is 2.04 bits per heavy atom. The molecule has 0 atom stereocenters. The third-order valence-corrected chi connectivity index (χ3v) is 3.94. The Morgan fingerprint density at radius 1 is 0.870 bits per heavy atom. The zero-order chi connectivity index (χ0) is 16.2. The van der Waals surface area contributed by atoms with Crippen molar-refractivity contribution in [2.24, 2.45) is 0 Å². The average molecular weight is 305 g/mol. The number of benzene rings is 2. The Hall–Kier alpha value is -2.39. The second kappa shape index (κ2) is 6.80. The van der Waals surface area contributed by atoms with Gasteiger partial charge in [-0.15, -0.1) is 0 Å². The Balaban J connectivity index is 1.66. The summed E-state index contributed by atoms with van der Waals surface area (Å²) in [6.07, 6.45) is 0. The Bertz CT molecular complexity index is 757. The summed E-state index contributed by atoms with van der Waals surface area (Å²) in [6.45, 7) is 6.00. The molecule has 3 nitrogen and oxygen atoms in total. The first-order valence-electron chi connectivity index (χ1n) is 7.97. The predicted octanol–water partition coefficient (Wildman–Crippen LogP) is 4.12. The molecule has 23 heavy (non-hydrogen) atoms. The molecule has 1 heterocycles. The quantitative estimate of drug-likeness (QED) is 0.707. The molecule has 2 aromatic carbocycles. The molecular formula is C20H23N3. The number of nitrogens with zero attached hydrogens (tertiary/aromatic N) is 3. The van der Waals surface area contributed by atoms with E-state index < -0.39 is 0 Å². The second-order valence-electron chi connectivity index (χ2n) is 6.16. The lowest BCUT2D eigenvalue weighted by Crippen LogP contribution is -2.17. The van der Waals surface area contributed by atoms with E-state index in [0.29, 0.717) is 0 Å². The van der Waals surface area contributed by atoms with Gasteiger partial charge in [-0.1, -0.05) is 42.5 Å². The second-order valence-corrected chi connectivity index (χ2v) is 6.16. The molecule has 3 heteroatoms. The minimum Gasteiger partial charge on any atom is -0.298 e. The smallest absolute Gasteiger partial charge is 0.0648 e. The summed E-state index contributed by atoms with van der Waals surface area (Å²) in [4.78, 5) is 2.33. The Kier molecular flexibility index (Phi) is 4.58. The maximum atomic E-state index is 4.53. The molecule has 118 valence electrons. The molecule has 3 rings (SSSR count). The van der Waals surface area contributed by atoms with E-state index in [2.05, 4.69) is 84.6 Å². The summed E-state index contributed by atoms with van der Waals surface area (Å²) in [5.41, 5.74) is 5.98. The van der Waals surface area contributed by atoms with Crippen LogP contribution in [0.1, 0.15) is 22.5 Å². The minimum atomic E-state index is 0.937. The van der Waals surface area contributed by atoms with E-state index in [9.17, 15) is 0 Å². The number of hydrogen-bond acceptors (Lipinski definition) is 2. The first-order chi connectivity index (χ1) is 11.1. The van der Waals surface area contributed by atoms with Crippen molar-refractivity contribution in [1.29, 1.82) is 0 Å². The highest BCUT2D eigenvalue weighted by molar-refractivity contribution is 5.36. The lowest BCUT2D eigenvalue weighted by Gasteiger charge is -2.17. The van der Waals surface area contributed by atoms with Crippen LogP contribution < -0.4 is 0 Å². The molecule has 0 aliphatic heterocycles. The fourth-order valence-electron chi connectivity index (χ4n) is 2.90. The van der Waals surface area contributed by atoms with Crippen molar-refractivity contribution in [2.75, 3.05) is 7.05 Å². The van der Waals surface area contributed by atoms with Gasteiger partial charge in [-0.05, 0) is 50.2 Å². The third kappa shape index (κ3) is 3.88. The van der Waals surface area contributed by atoms with E-state index in [4.69, 9.17) is 0 Å². The van der Waals surface area contributed by atoms with E-state index in [1.54, 1.807) is 0 Å². The van der Waals surface area contributed by atoms with Gasteiger partial charge >= 0.3 is 0 Å². The summed E-state index contributed by atoms with van der Waals surface area (Å²) >= 11 is 0. The highest BCUT2D eigenvalue weighted by Crippen LogP contribution is 2.14. The largest absolute Gasteiger partial charge is 0.298 e. The monoisotopic (exact) mass is 305 g/mol. The van der Waals surface area contributed by atoms with E-state index in [-0.39, 0.29) is 0 Å². The van der Waals surface area contributed by atoms with Gasteiger partial charge in [-0.25, -0.2) is 4.68 Å². The molecule has 0 aliphatic rings. The van der Waals surface area contributed by atoms with Crippen molar-refractivity contribution in [3.8, 4) is 5.69 Å². The van der Waals surface area contributed by atoms with Crippen LogP contribution in [0.2, 0.25) is 0 Å². The lowest BCUT2D eigenvalue weighted by molar-refractivity contribution is 0.319. The van der Waals surface area contributed by atoms with Gasteiger partial charge in [0.05, 0.1) is 11.4 Å². The van der Waals surface area contributed by atoms with E-state index >= 15 is 0 Å². The molecule has 0 saturated carbocycles. The van der Waals surface area contributed by atoms with Crippen LogP contribution >= 0.6 is 0 Å². The zero-order valence-corrected chi connectivity index (χ0v) is 14.0. The van der Waals surface area contributed by atoms with Gasteiger partial charge < -0.3 is 0 Å². The lowest BCUT2D eigenvalue weighted by atomic mass is 10.1. The van der Waals surface area contributed by atoms with Crippen molar-refractivity contribution in [1.82, 2.24) is 14.7 Å². The summed E-state index contributed by atoms with van der Waals surface area (Å²) in [6, 6.07) is 21.3. The van der Waals surface area contributed by atoms with Crippen molar-refractivity contribution in [3.63, 3.8) is 0 Å². The maximum absolute atomic E-state index is 4.53. The minimum absolute atomic E-state index is 0.937. The van der Waals surface area contributed by atoms with Crippen LogP contribution in [-0.4, -0.2) is 21.7 Å². The number of hydrogen-bond donors (Lipinski definition) is 0. The molecule has 3 aromatic rings. The van der Waals surface area contributed by atoms with Gasteiger partial charge in [0.1, 0.15) is 0 Å². The van der Waals surface area contributed by atoms with Crippen LogP contribution in [0.25, 0.3) is 5.69 Å². The number of aryl methyl sites for hydroxylation is 2. The highest BCUT2D eigenvalue weighted by atomic mass is 15.3. The standard InChI is InChI=1S/C20H23N3/c1-16-13-17(2)23(21-16)20-11-9-19(10-12-20)15-22(3)14-18-7-5-4-6-8-18/h4-13H,14-15H2,1-3H3. The Morgan fingerprint density at radius 2 is 1.48 bits per heavy atom. The maximum Gasteiger partial charge on any atom is 0.0648 e. The van der Waals surface area contributed by atoms with Crippen LogP contribution in [0.4, 0.5) is 0 Å². The van der Waals surface area contributed by atoms with E-state index in [0.717, 1.165) is 30.2 Å². The molecule has 0 fully saturated rings. The molecule has 0 aliphatic carbocycles. The van der Waals surface area contributed by atoms with Crippen LogP contribution in [0.3, 0.4) is 0 Å². The van der Waals surface area contributed by atoms with Crippen molar-refractivity contribution in [3.05, 3.63) is 83.2 Å². The molecule has 0 radical (unpaired) electrons. The molecule has 0 N–H and O–H groups in total. The number of rotatable bonds is 5. The Labute approximate surface area is 138 Å². The fourth-order valence-corrected chi connectivity index (χ4v) is 2.90. The first-order valence-corrected chi connectivity index (χ1v) is 7.97. The topological polar surface area (TPSA) is 21.1 Å². The summed E-state index contributed by atoms with van der Waals surface area (Å²) in [5.74, 6) is 0. The van der Waals surface area contributed by atoms with Crippen LogP contribution in [0.5, 0.6) is 0 Å². The summed E-state index contributed by atoms with van der Waals surface area (Å²) in [7, 11) is 2.15. The van der Waals surface area contributed by atoms with Crippen molar-refractivity contribution in [2.45, 2.75) is 26.9 Å². The van der Waals surface area contributed by atoms with Crippen molar-refractivity contribution >= 4 is 0 Å². The molecule has 0 amide bonds. The third-order valence-electron chi connectivity index (χ3n) is 3.94. The fraction of sp³-hybridized carbons (Fsp3) is 0.250. The van der Waals surface area contributed by atoms with Gasteiger partial charge in [0, 0.05) is 18.8 Å². The predicted molar refractivity (Wildman–Crippen MR) is 94.7 cm³/mol. The molecule has 0 unspecified atom stereocenters. The SMILES string of the molecule is Cc1cc(C)n(-c2ccc(CN(C)Cc3ccccc3)cc2)n1. The normalized spacial score (nSPS) is 11.1. The van der Waals surface area contributed by atoms with Crippen LogP contribution in [0, 0.1) is 13.8 Å². The van der Waals surface area contributed by atoms with Gasteiger partial charge in [0.15, 0.2) is 0 Å². The molecular weight excluding hydrogens is 282 g/mol. The average Bonchev–Trinajstić information content (AvgIpc) is 2.87. The van der Waals surface area contributed by atoms with Gasteiger partial charge in [0.2, 0.25) is 0 Å². The van der Waals surface area contributed by atoms with Gasteiger partial charge in [-0.3, -0.25) is 4.90 Å². The zero-order valence-electron chi connectivity index (χ0n) is 14.0. The molecule has 0 saturated heterocycles. The van der Waals surface area contributed by atoms with Crippen LogP contribution in [-0.2, 0) is 13.1 Å². The van der Waals surface area contributed by atoms with Crippen molar-refractivity contribution < 1.29 is 0 Å². The molecule has 0 spiro atoms. The van der Waals surface area contributed by atoms with Gasteiger partial charge in [0.25, 0.3) is 0 Å². The van der Waals surface area contributed by atoms with Gasteiger partial charge in [-0.2, -0.15) is 5.10 Å².